The predicted octanol–water partition coefficient (Wildman–Crippen LogP) is 5.50. The Bertz CT molecular complexity index is 680. The molecule has 2 heteroatoms. The number of benzene rings is 2. The standard InChI is InChI=1S/C21H25NO/c1-15(2)18-7-9-19(10-8-18)20(14-22)11-12-23-21-13-16(3)5-6-17(21)4/h5-10,13,15,20H,11-12H2,1-4H3. The molecule has 0 radical (unpaired) electrons. The lowest BCUT2D eigenvalue weighted by Gasteiger charge is -2.14. The molecule has 0 saturated heterocycles. The van der Waals surface area contributed by atoms with Gasteiger partial charge in [0.1, 0.15) is 5.75 Å². The Hall–Kier alpha value is -2.27. The van der Waals surface area contributed by atoms with E-state index >= 15 is 0 Å². The van der Waals surface area contributed by atoms with Gasteiger partial charge in [-0.15, -0.1) is 0 Å². The summed E-state index contributed by atoms with van der Waals surface area (Å²) in [4.78, 5) is 0. The van der Waals surface area contributed by atoms with Gasteiger partial charge >= 0.3 is 0 Å². The minimum Gasteiger partial charge on any atom is -0.493 e. The molecular formula is C21H25NO. The van der Waals surface area contributed by atoms with Crippen molar-refractivity contribution >= 4 is 0 Å². The zero-order valence-electron chi connectivity index (χ0n) is 14.5. The van der Waals surface area contributed by atoms with Crippen molar-refractivity contribution in [1.82, 2.24) is 0 Å². The second-order valence-electron chi connectivity index (χ2n) is 6.41. The number of hydrogen-bond donors (Lipinski definition) is 0. The Balaban J connectivity index is 1.97. The molecule has 0 N–H and O–H groups in total. The smallest absolute Gasteiger partial charge is 0.122 e. The molecule has 0 aromatic heterocycles. The largest absolute Gasteiger partial charge is 0.493 e. The average molecular weight is 307 g/mol. The van der Waals surface area contributed by atoms with E-state index < -0.39 is 0 Å². The lowest BCUT2D eigenvalue weighted by atomic mass is 9.94. The molecule has 1 atom stereocenters. The third-order valence-electron chi connectivity index (χ3n) is 4.17. The number of nitrogens with zero attached hydrogens (tertiary/aromatic N) is 1. The molecule has 0 saturated carbocycles. The van der Waals surface area contributed by atoms with Crippen LogP contribution in [0.4, 0.5) is 0 Å². The van der Waals surface area contributed by atoms with E-state index in [0.717, 1.165) is 16.9 Å². The van der Waals surface area contributed by atoms with Crippen molar-refractivity contribution in [1.29, 1.82) is 5.26 Å². The summed E-state index contributed by atoms with van der Waals surface area (Å²) >= 11 is 0. The fraction of sp³-hybridized carbons (Fsp3) is 0.381. The van der Waals surface area contributed by atoms with Gasteiger partial charge in [0, 0.05) is 6.42 Å². The molecule has 1 unspecified atom stereocenters. The molecule has 0 aliphatic heterocycles. The van der Waals surface area contributed by atoms with Gasteiger partial charge in [0.15, 0.2) is 0 Å². The van der Waals surface area contributed by atoms with Crippen LogP contribution in [0.15, 0.2) is 42.5 Å². The highest BCUT2D eigenvalue weighted by Crippen LogP contribution is 2.24. The van der Waals surface area contributed by atoms with Gasteiger partial charge in [-0.25, -0.2) is 0 Å². The van der Waals surface area contributed by atoms with Gasteiger partial charge in [0.05, 0.1) is 18.6 Å². The minimum atomic E-state index is -0.124. The van der Waals surface area contributed by atoms with Gasteiger partial charge in [-0.2, -0.15) is 5.26 Å². The van der Waals surface area contributed by atoms with Crippen molar-refractivity contribution in [3.63, 3.8) is 0 Å². The second-order valence-corrected chi connectivity index (χ2v) is 6.41. The first-order chi connectivity index (χ1) is 11.0. The van der Waals surface area contributed by atoms with Crippen LogP contribution in [-0.4, -0.2) is 6.61 Å². The Morgan fingerprint density at radius 2 is 1.65 bits per heavy atom. The first-order valence-corrected chi connectivity index (χ1v) is 8.20. The van der Waals surface area contributed by atoms with Crippen molar-refractivity contribution < 1.29 is 4.74 Å². The fourth-order valence-electron chi connectivity index (χ4n) is 2.57. The molecule has 2 nitrogen and oxygen atoms in total. The van der Waals surface area contributed by atoms with E-state index in [1.54, 1.807) is 0 Å². The van der Waals surface area contributed by atoms with E-state index in [9.17, 15) is 5.26 Å². The van der Waals surface area contributed by atoms with Crippen LogP contribution in [0.5, 0.6) is 5.75 Å². The van der Waals surface area contributed by atoms with E-state index in [1.165, 1.54) is 11.1 Å². The molecule has 2 aromatic carbocycles. The first-order valence-electron chi connectivity index (χ1n) is 8.20. The van der Waals surface area contributed by atoms with Crippen LogP contribution < -0.4 is 4.74 Å². The van der Waals surface area contributed by atoms with Crippen molar-refractivity contribution in [3.8, 4) is 11.8 Å². The maximum absolute atomic E-state index is 9.45. The Kier molecular flexibility index (Phi) is 5.82. The zero-order valence-corrected chi connectivity index (χ0v) is 14.5. The summed E-state index contributed by atoms with van der Waals surface area (Å²) in [5, 5.41) is 9.45. The normalized spacial score (nSPS) is 12.0. The van der Waals surface area contributed by atoms with Crippen LogP contribution in [0.2, 0.25) is 0 Å². The average Bonchev–Trinajstić information content (AvgIpc) is 2.55. The number of hydrogen-bond acceptors (Lipinski definition) is 2. The van der Waals surface area contributed by atoms with E-state index in [1.807, 2.05) is 13.0 Å². The topological polar surface area (TPSA) is 33.0 Å². The third-order valence-corrected chi connectivity index (χ3v) is 4.17. The van der Waals surface area contributed by atoms with E-state index in [4.69, 9.17) is 4.74 Å². The van der Waals surface area contributed by atoms with E-state index in [2.05, 4.69) is 63.2 Å². The van der Waals surface area contributed by atoms with Crippen LogP contribution >= 0.6 is 0 Å². The molecule has 0 spiro atoms. The lowest BCUT2D eigenvalue weighted by Crippen LogP contribution is -2.05. The molecule has 0 fully saturated rings. The third kappa shape index (κ3) is 4.60. The second kappa shape index (κ2) is 7.83. The summed E-state index contributed by atoms with van der Waals surface area (Å²) in [6.07, 6.45) is 0.699. The molecule has 2 rings (SSSR count). The summed E-state index contributed by atoms with van der Waals surface area (Å²) in [6, 6.07) is 17.0. The number of rotatable bonds is 6. The molecule has 0 aliphatic carbocycles. The number of nitriles is 1. The summed E-state index contributed by atoms with van der Waals surface area (Å²) in [5.41, 5.74) is 4.69. The van der Waals surface area contributed by atoms with Gasteiger partial charge in [-0.3, -0.25) is 0 Å². The summed E-state index contributed by atoms with van der Waals surface area (Å²) in [5.74, 6) is 1.30. The SMILES string of the molecule is Cc1ccc(C)c(OCCC(C#N)c2ccc(C(C)C)cc2)c1. The van der Waals surface area contributed by atoms with Gasteiger partial charge in [0.25, 0.3) is 0 Å². The monoisotopic (exact) mass is 307 g/mol. The Morgan fingerprint density at radius 1 is 1.00 bits per heavy atom. The Morgan fingerprint density at radius 3 is 2.26 bits per heavy atom. The fourth-order valence-corrected chi connectivity index (χ4v) is 2.57. The van der Waals surface area contributed by atoms with E-state index in [-0.39, 0.29) is 5.92 Å². The van der Waals surface area contributed by atoms with Gasteiger partial charge < -0.3 is 4.74 Å². The molecule has 120 valence electrons. The van der Waals surface area contributed by atoms with Crippen LogP contribution in [0, 0.1) is 25.2 Å². The maximum atomic E-state index is 9.45. The quantitative estimate of drug-likeness (QED) is 0.705. The summed E-state index contributed by atoms with van der Waals surface area (Å²) in [7, 11) is 0. The number of aryl methyl sites for hydroxylation is 2. The van der Waals surface area contributed by atoms with Gasteiger partial charge in [-0.05, 0) is 48.1 Å². The van der Waals surface area contributed by atoms with Gasteiger partial charge in [0.2, 0.25) is 0 Å². The summed E-state index contributed by atoms with van der Waals surface area (Å²) in [6.45, 7) is 9.00. The molecule has 0 amide bonds. The molecular weight excluding hydrogens is 282 g/mol. The highest BCUT2D eigenvalue weighted by molar-refractivity contribution is 5.36. The molecule has 23 heavy (non-hydrogen) atoms. The van der Waals surface area contributed by atoms with E-state index in [0.29, 0.717) is 18.9 Å². The summed E-state index contributed by atoms with van der Waals surface area (Å²) < 4.78 is 5.88. The van der Waals surface area contributed by atoms with Gasteiger partial charge in [-0.1, -0.05) is 50.2 Å². The first kappa shape index (κ1) is 17.1. The number of ether oxygens (including phenoxy) is 1. The van der Waals surface area contributed by atoms with Crippen molar-refractivity contribution in [3.05, 3.63) is 64.7 Å². The van der Waals surface area contributed by atoms with Crippen LogP contribution in [0.3, 0.4) is 0 Å². The Labute approximate surface area is 139 Å². The van der Waals surface area contributed by atoms with Crippen molar-refractivity contribution in [2.45, 2.75) is 46.0 Å². The molecule has 0 bridgehead atoms. The minimum absolute atomic E-state index is 0.124. The van der Waals surface area contributed by atoms with Crippen molar-refractivity contribution in [2.75, 3.05) is 6.61 Å². The lowest BCUT2D eigenvalue weighted by molar-refractivity contribution is 0.304. The molecule has 0 heterocycles. The molecule has 2 aromatic rings. The van der Waals surface area contributed by atoms with Crippen molar-refractivity contribution in [2.24, 2.45) is 0 Å². The highest BCUT2D eigenvalue weighted by atomic mass is 16.5. The van der Waals surface area contributed by atoms with Crippen LogP contribution in [0.1, 0.15) is 54.4 Å². The predicted molar refractivity (Wildman–Crippen MR) is 94.9 cm³/mol. The van der Waals surface area contributed by atoms with Crippen LogP contribution in [0.25, 0.3) is 0 Å². The maximum Gasteiger partial charge on any atom is 0.122 e. The molecule has 0 aliphatic rings. The van der Waals surface area contributed by atoms with Crippen LogP contribution in [-0.2, 0) is 0 Å². The highest BCUT2D eigenvalue weighted by Gasteiger charge is 2.12. The zero-order chi connectivity index (χ0) is 16.8.